The first-order valence-electron chi connectivity index (χ1n) is 7.88. The van der Waals surface area contributed by atoms with Gasteiger partial charge in [-0.05, 0) is 36.8 Å². The largest absolute Gasteiger partial charge is 0.332 e. The predicted octanol–water partition coefficient (Wildman–Crippen LogP) is 3.40. The lowest BCUT2D eigenvalue weighted by Crippen LogP contribution is -2.12. The van der Waals surface area contributed by atoms with Gasteiger partial charge in [-0.15, -0.1) is 0 Å². The van der Waals surface area contributed by atoms with Crippen LogP contribution in [-0.4, -0.2) is 19.9 Å². The monoisotopic (exact) mass is 348 g/mol. The van der Waals surface area contributed by atoms with Gasteiger partial charge in [0.25, 0.3) is 5.89 Å². The average molecular weight is 348 g/mol. The summed E-state index contributed by atoms with van der Waals surface area (Å²) in [6.07, 6.45) is 1.56. The molecule has 26 heavy (non-hydrogen) atoms. The van der Waals surface area contributed by atoms with Gasteiger partial charge in [0.15, 0.2) is 5.69 Å². The molecule has 0 radical (unpaired) electrons. The second kappa shape index (κ2) is 6.36. The Bertz CT molecular complexity index is 1150. The van der Waals surface area contributed by atoms with Gasteiger partial charge in [0, 0.05) is 12.3 Å². The topological polar surface area (TPSA) is 73.8 Å². The second-order valence-electron chi connectivity index (χ2n) is 5.72. The molecule has 0 atom stereocenters. The Hall–Kier alpha value is -3.61. The highest BCUT2D eigenvalue weighted by atomic mass is 19.1. The predicted molar refractivity (Wildman–Crippen MR) is 93.3 cm³/mol. The molecule has 2 aromatic carbocycles. The van der Waals surface area contributed by atoms with Crippen LogP contribution in [0.5, 0.6) is 0 Å². The molecule has 0 fully saturated rings. The van der Waals surface area contributed by atoms with E-state index in [0.717, 1.165) is 11.3 Å². The van der Waals surface area contributed by atoms with Gasteiger partial charge in [-0.2, -0.15) is 10.1 Å². The molecule has 0 spiro atoms. The molecule has 0 N–H and O–H groups in total. The van der Waals surface area contributed by atoms with Gasteiger partial charge in [0.05, 0.1) is 11.3 Å². The molecule has 0 saturated carbocycles. The van der Waals surface area contributed by atoms with Crippen molar-refractivity contribution in [2.24, 2.45) is 0 Å². The highest BCUT2D eigenvalue weighted by molar-refractivity contribution is 5.58. The first-order valence-corrected chi connectivity index (χ1v) is 7.88. The molecule has 7 heteroatoms. The van der Waals surface area contributed by atoms with Crippen molar-refractivity contribution in [1.29, 1.82) is 0 Å². The number of nitrogens with zero attached hydrogens (tertiary/aromatic N) is 4. The van der Waals surface area contributed by atoms with E-state index in [1.807, 2.05) is 31.2 Å². The minimum Gasteiger partial charge on any atom is -0.332 e. The van der Waals surface area contributed by atoms with Gasteiger partial charge in [-0.3, -0.25) is 4.79 Å². The summed E-state index contributed by atoms with van der Waals surface area (Å²) in [5, 5.41) is 8.06. The van der Waals surface area contributed by atoms with Crippen molar-refractivity contribution < 1.29 is 8.91 Å². The van der Waals surface area contributed by atoms with Crippen LogP contribution in [0.25, 0.3) is 28.7 Å². The minimum atomic E-state index is -0.474. The molecule has 0 unspecified atom stereocenters. The summed E-state index contributed by atoms with van der Waals surface area (Å²) in [4.78, 5) is 16.3. The maximum absolute atomic E-state index is 13.9. The Kier molecular flexibility index (Phi) is 3.89. The summed E-state index contributed by atoms with van der Waals surface area (Å²) in [6, 6.07) is 15.1. The highest BCUT2D eigenvalue weighted by Crippen LogP contribution is 2.22. The van der Waals surface area contributed by atoms with Crippen LogP contribution < -0.4 is 5.43 Å². The Morgan fingerprint density at radius 2 is 1.92 bits per heavy atom. The molecule has 4 aromatic rings. The fourth-order valence-corrected chi connectivity index (χ4v) is 2.54. The van der Waals surface area contributed by atoms with E-state index in [-0.39, 0.29) is 28.4 Å². The van der Waals surface area contributed by atoms with Crippen LogP contribution in [-0.2, 0) is 0 Å². The molecular formula is C19H13FN4O2. The normalized spacial score (nSPS) is 10.8. The Morgan fingerprint density at radius 3 is 2.73 bits per heavy atom. The van der Waals surface area contributed by atoms with Crippen molar-refractivity contribution in [3.8, 4) is 28.7 Å². The first kappa shape index (κ1) is 15.9. The van der Waals surface area contributed by atoms with E-state index in [1.54, 1.807) is 23.0 Å². The number of aryl methyl sites for hydroxylation is 1. The summed E-state index contributed by atoms with van der Waals surface area (Å²) < 4.78 is 20.6. The lowest BCUT2D eigenvalue weighted by atomic mass is 10.2. The van der Waals surface area contributed by atoms with Gasteiger partial charge in [-0.25, -0.2) is 9.07 Å². The van der Waals surface area contributed by atoms with Gasteiger partial charge in [0.1, 0.15) is 5.82 Å². The summed E-state index contributed by atoms with van der Waals surface area (Å²) in [6.45, 7) is 1.96. The number of hydrogen-bond donors (Lipinski definition) is 0. The van der Waals surface area contributed by atoms with Crippen molar-refractivity contribution >= 4 is 0 Å². The first-order chi connectivity index (χ1) is 12.6. The number of aromatic nitrogens is 4. The summed E-state index contributed by atoms with van der Waals surface area (Å²) in [7, 11) is 0. The third kappa shape index (κ3) is 2.90. The molecule has 0 saturated heterocycles. The molecule has 128 valence electrons. The van der Waals surface area contributed by atoms with E-state index in [9.17, 15) is 9.18 Å². The molecule has 6 nitrogen and oxygen atoms in total. The molecule has 0 aliphatic rings. The molecule has 2 aromatic heterocycles. The van der Waals surface area contributed by atoms with Crippen molar-refractivity contribution in [2.45, 2.75) is 6.92 Å². The zero-order valence-corrected chi connectivity index (χ0v) is 13.8. The minimum absolute atomic E-state index is 0.00379. The van der Waals surface area contributed by atoms with E-state index < -0.39 is 5.82 Å². The maximum Gasteiger partial charge on any atom is 0.282 e. The Balaban J connectivity index is 1.78. The van der Waals surface area contributed by atoms with Gasteiger partial charge >= 0.3 is 0 Å². The number of benzene rings is 2. The van der Waals surface area contributed by atoms with Crippen LogP contribution in [0.4, 0.5) is 4.39 Å². The summed E-state index contributed by atoms with van der Waals surface area (Å²) in [5.74, 6) is -0.474. The van der Waals surface area contributed by atoms with E-state index in [0.29, 0.717) is 0 Å². The SMILES string of the molecule is Cc1cccc(-n2ccc(=O)c(-c3nc(-c4ccccc4F)no3)n2)c1. The van der Waals surface area contributed by atoms with Crippen LogP contribution in [0, 0.1) is 12.7 Å². The lowest BCUT2D eigenvalue weighted by Gasteiger charge is -2.06. The molecule has 0 aliphatic carbocycles. The van der Waals surface area contributed by atoms with Crippen molar-refractivity contribution in [3.05, 3.63) is 82.4 Å². The van der Waals surface area contributed by atoms with Crippen LogP contribution in [0.3, 0.4) is 0 Å². The Labute approximate surface area is 147 Å². The Morgan fingerprint density at radius 1 is 1.08 bits per heavy atom. The molecule has 0 bridgehead atoms. The van der Waals surface area contributed by atoms with Gasteiger partial charge in [0.2, 0.25) is 11.3 Å². The van der Waals surface area contributed by atoms with E-state index in [2.05, 4.69) is 15.2 Å². The van der Waals surface area contributed by atoms with Crippen LogP contribution in [0.15, 0.2) is 70.1 Å². The standard InChI is InChI=1S/C19H13FN4O2/c1-12-5-4-6-13(11-12)24-10-9-16(25)17(22-24)19-21-18(23-26-19)14-7-2-3-8-15(14)20/h2-11H,1H3. The van der Waals surface area contributed by atoms with Crippen LogP contribution in [0.1, 0.15) is 5.56 Å². The summed E-state index contributed by atoms with van der Waals surface area (Å²) in [5.41, 5.74) is 1.68. The third-order valence-electron chi connectivity index (χ3n) is 3.82. The average Bonchev–Trinajstić information content (AvgIpc) is 3.12. The second-order valence-corrected chi connectivity index (χ2v) is 5.72. The number of halogens is 1. The fourth-order valence-electron chi connectivity index (χ4n) is 2.54. The van der Waals surface area contributed by atoms with Gasteiger partial charge in [-0.1, -0.05) is 29.4 Å². The zero-order chi connectivity index (χ0) is 18.1. The third-order valence-corrected chi connectivity index (χ3v) is 3.82. The number of hydrogen-bond acceptors (Lipinski definition) is 5. The highest BCUT2D eigenvalue weighted by Gasteiger charge is 2.17. The van der Waals surface area contributed by atoms with E-state index >= 15 is 0 Å². The molecule has 2 heterocycles. The van der Waals surface area contributed by atoms with Crippen molar-refractivity contribution in [2.75, 3.05) is 0 Å². The molecule has 0 amide bonds. The fraction of sp³-hybridized carbons (Fsp3) is 0.0526. The van der Waals surface area contributed by atoms with Crippen molar-refractivity contribution in [3.63, 3.8) is 0 Å². The maximum atomic E-state index is 13.9. The lowest BCUT2D eigenvalue weighted by molar-refractivity contribution is 0.429. The molecular weight excluding hydrogens is 335 g/mol. The van der Waals surface area contributed by atoms with Crippen LogP contribution >= 0.6 is 0 Å². The van der Waals surface area contributed by atoms with Crippen molar-refractivity contribution in [1.82, 2.24) is 19.9 Å². The summed E-state index contributed by atoms with van der Waals surface area (Å²) >= 11 is 0. The smallest absolute Gasteiger partial charge is 0.282 e. The quantitative estimate of drug-likeness (QED) is 0.567. The van der Waals surface area contributed by atoms with Gasteiger partial charge < -0.3 is 4.52 Å². The van der Waals surface area contributed by atoms with E-state index in [1.165, 1.54) is 18.2 Å². The molecule has 0 aliphatic heterocycles. The van der Waals surface area contributed by atoms with E-state index in [4.69, 9.17) is 4.52 Å². The van der Waals surface area contributed by atoms with Crippen LogP contribution in [0.2, 0.25) is 0 Å². The number of rotatable bonds is 3. The molecule has 4 rings (SSSR count). The zero-order valence-electron chi connectivity index (χ0n) is 13.8.